The number of nitrogens with one attached hydrogen (secondary N) is 1. The second kappa shape index (κ2) is 8.72. The van der Waals surface area contributed by atoms with Crippen LogP contribution < -0.4 is 5.32 Å². The highest BCUT2D eigenvalue weighted by Crippen LogP contribution is 2.17. The first-order valence-electron chi connectivity index (χ1n) is 8.60. The molecule has 4 nitrogen and oxygen atoms in total. The van der Waals surface area contributed by atoms with E-state index in [9.17, 15) is 4.79 Å². The van der Waals surface area contributed by atoms with Gasteiger partial charge in [-0.3, -0.25) is 4.79 Å². The summed E-state index contributed by atoms with van der Waals surface area (Å²) in [5, 5.41) is 3.01. The molecule has 1 heterocycles. The van der Waals surface area contributed by atoms with Gasteiger partial charge in [-0.2, -0.15) is 0 Å². The summed E-state index contributed by atoms with van der Waals surface area (Å²) in [6.45, 7) is 3.59. The van der Waals surface area contributed by atoms with Crippen LogP contribution >= 0.6 is 11.8 Å². The Labute approximate surface area is 152 Å². The van der Waals surface area contributed by atoms with Crippen molar-refractivity contribution in [1.82, 2.24) is 14.9 Å². The number of carbonyl (C=O) groups excluding carboxylic acids is 1. The lowest BCUT2D eigenvalue weighted by Gasteiger charge is -2.08. The molecule has 3 aromatic rings. The van der Waals surface area contributed by atoms with Crippen molar-refractivity contribution in [3.05, 3.63) is 60.4 Å². The van der Waals surface area contributed by atoms with E-state index in [4.69, 9.17) is 0 Å². The SMILES string of the molecule is Cc1nc2ccccc2n1CCCNC(=O)CCSc1ccccc1. The molecule has 0 atom stereocenters. The van der Waals surface area contributed by atoms with Crippen molar-refractivity contribution in [2.75, 3.05) is 12.3 Å². The number of imidazole rings is 1. The minimum absolute atomic E-state index is 0.121. The topological polar surface area (TPSA) is 46.9 Å². The zero-order chi connectivity index (χ0) is 17.5. The number of carbonyl (C=O) groups is 1. The first-order chi connectivity index (χ1) is 12.2. The third kappa shape index (κ3) is 4.86. The van der Waals surface area contributed by atoms with Gasteiger partial charge in [-0.1, -0.05) is 30.3 Å². The molecule has 0 unspecified atom stereocenters. The number of fused-ring (bicyclic) bond motifs is 1. The van der Waals surface area contributed by atoms with Crippen LogP contribution in [0.4, 0.5) is 0 Å². The van der Waals surface area contributed by atoms with Crippen molar-refractivity contribution in [3.63, 3.8) is 0 Å². The molecular formula is C20H23N3OS. The van der Waals surface area contributed by atoms with E-state index in [2.05, 4.69) is 33.1 Å². The van der Waals surface area contributed by atoms with E-state index in [0.29, 0.717) is 13.0 Å². The van der Waals surface area contributed by atoms with Crippen molar-refractivity contribution in [3.8, 4) is 0 Å². The van der Waals surface area contributed by atoms with E-state index < -0.39 is 0 Å². The molecule has 2 aromatic carbocycles. The summed E-state index contributed by atoms with van der Waals surface area (Å²) in [7, 11) is 0. The second-order valence-electron chi connectivity index (χ2n) is 5.91. The Bertz CT molecular complexity index is 829. The predicted molar refractivity (Wildman–Crippen MR) is 104 cm³/mol. The van der Waals surface area contributed by atoms with Gasteiger partial charge in [0.05, 0.1) is 11.0 Å². The third-order valence-electron chi connectivity index (χ3n) is 4.07. The van der Waals surface area contributed by atoms with Crippen LogP contribution in [0.3, 0.4) is 0 Å². The second-order valence-corrected chi connectivity index (χ2v) is 7.08. The van der Waals surface area contributed by atoms with Gasteiger partial charge in [0.2, 0.25) is 5.91 Å². The standard InChI is InChI=1S/C20H23N3OS/c1-16-22-18-10-5-6-11-19(18)23(16)14-7-13-21-20(24)12-15-25-17-8-3-2-4-9-17/h2-6,8-11H,7,12-15H2,1H3,(H,21,24). The zero-order valence-corrected chi connectivity index (χ0v) is 15.3. The predicted octanol–water partition coefficient (Wildman–Crippen LogP) is 4.03. The Hall–Kier alpha value is -2.27. The number of aryl methyl sites for hydroxylation is 2. The summed E-state index contributed by atoms with van der Waals surface area (Å²) in [6, 6.07) is 18.3. The van der Waals surface area contributed by atoms with E-state index in [1.807, 2.05) is 43.3 Å². The van der Waals surface area contributed by atoms with Gasteiger partial charge in [0.15, 0.2) is 0 Å². The van der Waals surface area contributed by atoms with Gasteiger partial charge in [0, 0.05) is 30.2 Å². The van der Waals surface area contributed by atoms with Crippen molar-refractivity contribution < 1.29 is 4.79 Å². The number of thioether (sulfide) groups is 1. The Balaban J connectivity index is 1.38. The van der Waals surface area contributed by atoms with Gasteiger partial charge in [-0.05, 0) is 37.6 Å². The summed E-state index contributed by atoms with van der Waals surface area (Å²) in [4.78, 5) is 17.7. The molecule has 25 heavy (non-hydrogen) atoms. The number of rotatable bonds is 8. The van der Waals surface area contributed by atoms with Crippen LogP contribution in [0.25, 0.3) is 11.0 Å². The first-order valence-corrected chi connectivity index (χ1v) is 9.59. The summed E-state index contributed by atoms with van der Waals surface area (Å²) in [6.07, 6.45) is 1.45. The van der Waals surface area contributed by atoms with E-state index in [0.717, 1.165) is 35.6 Å². The average Bonchev–Trinajstić information content (AvgIpc) is 2.95. The molecule has 1 amide bonds. The average molecular weight is 353 g/mol. The molecule has 0 aliphatic heterocycles. The molecule has 0 aliphatic rings. The Morgan fingerprint density at radius 3 is 2.72 bits per heavy atom. The Kier molecular flexibility index (Phi) is 6.12. The smallest absolute Gasteiger partial charge is 0.220 e. The molecule has 130 valence electrons. The van der Waals surface area contributed by atoms with Crippen LogP contribution in [-0.2, 0) is 11.3 Å². The maximum Gasteiger partial charge on any atom is 0.220 e. The maximum atomic E-state index is 11.9. The summed E-state index contributed by atoms with van der Waals surface area (Å²) in [5.41, 5.74) is 2.19. The van der Waals surface area contributed by atoms with Crippen LogP contribution in [0.1, 0.15) is 18.7 Å². The fraction of sp³-hybridized carbons (Fsp3) is 0.300. The highest BCUT2D eigenvalue weighted by Gasteiger charge is 2.06. The molecule has 0 saturated heterocycles. The van der Waals surface area contributed by atoms with Crippen LogP contribution in [0.2, 0.25) is 0 Å². The minimum atomic E-state index is 0.121. The Morgan fingerprint density at radius 2 is 1.88 bits per heavy atom. The molecule has 5 heteroatoms. The summed E-state index contributed by atoms with van der Waals surface area (Å²) in [5.74, 6) is 1.95. The Morgan fingerprint density at radius 1 is 1.12 bits per heavy atom. The summed E-state index contributed by atoms with van der Waals surface area (Å²) >= 11 is 1.72. The molecule has 0 spiro atoms. The van der Waals surface area contributed by atoms with Gasteiger partial charge < -0.3 is 9.88 Å². The number of para-hydroxylation sites is 2. The van der Waals surface area contributed by atoms with Gasteiger partial charge >= 0.3 is 0 Å². The van der Waals surface area contributed by atoms with E-state index >= 15 is 0 Å². The van der Waals surface area contributed by atoms with Crippen molar-refractivity contribution in [2.24, 2.45) is 0 Å². The van der Waals surface area contributed by atoms with Gasteiger partial charge in [0.1, 0.15) is 5.82 Å². The first kappa shape index (κ1) is 17.5. The number of benzene rings is 2. The number of hydrogen-bond acceptors (Lipinski definition) is 3. The lowest BCUT2D eigenvalue weighted by molar-refractivity contribution is -0.120. The monoisotopic (exact) mass is 353 g/mol. The highest BCUT2D eigenvalue weighted by molar-refractivity contribution is 7.99. The molecule has 0 saturated carbocycles. The van der Waals surface area contributed by atoms with E-state index in [-0.39, 0.29) is 5.91 Å². The molecule has 3 rings (SSSR count). The van der Waals surface area contributed by atoms with Crippen LogP contribution in [0.5, 0.6) is 0 Å². The molecule has 0 aliphatic carbocycles. The van der Waals surface area contributed by atoms with Crippen LogP contribution in [0.15, 0.2) is 59.5 Å². The minimum Gasteiger partial charge on any atom is -0.356 e. The fourth-order valence-electron chi connectivity index (χ4n) is 2.81. The molecule has 1 N–H and O–H groups in total. The molecule has 1 aromatic heterocycles. The van der Waals surface area contributed by atoms with Crippen LogP contribution in [-0.4, -0.2) is 27.8 Å². The quantitative estimate of drug-likeness (QED) is 0.491. The lowest BCUT2D eigenvalue weighted by Crippen LogP contribution is -2.25. The maximum absolute atomic E-state index is 11.9. The van der Waals surface area contributed by atoms with Gasteiger partial charge in [0.25, 0.3) is 0 Å². The largest absolute Gasteiger partial charge is 0.356 e. The molecule has 0 fully saturated rings. The van der Waals surface area contributed by atoms with Crippen molar-refractivity contribution >= 4 is 28.7 Å². The van der Waals surface area contributed by atoms with Gasteiger partial charge in [-0.25, -0.2) is 4.98 Å². The number of nitrogens with zero attached hydrogens (tertiary/aromatic N) is 2. The van der Waals surface area contributed by atoms with E-state index in [1.54, 1.807) is 11.8 Å². The van der Waals surface area contributed by atoms with Crippen molar-refractivity contribution in [1.29, 1.82) is 0 Å². The number of hydrogen-bond donors (Lipinski definition) is 1. The molecule has 0 bridgehead atoms. The third-order valence-corrected chi connectivity index (χ3v) is 5.08. The normalized spacial score (nSPS) is 10.9. The lowest BCUT2D eigenvalue weighted by atomic mass is 10.3. The fourth-order valence-corrected chi connectivity index (χ4v) is 3.68. The van der Waals surface area contributed by atoms with E-state index in [1.165, 1.54) is 4.90 Å². The van der Waals surface area contributed by atoms with Crippen molar-refractivity contribution in [2.45, 2.75) is 31.2 Å². The summed E-state index contributed by atoms with van der Waals surface area (Å²) < 4.78 is 2.22. The van der Waals surface area contributed by atoms with Gasteiger partial charge in [-0.15, -0.1) is 11.8 Å². The molecular weight excluding hydrogens is 330 g/mol. The number of amides is 1. The molecule has 0 radical (unpaired) electrons. The number of aromatic nitrogens is 2. The van der Waals surface area contributed by atoms with Crippen LogP contribution in [0, 0.1) is 6.92 Å². The highest BCUT2D eigenvalue weighted by atomic mass is 32.2. The zero-order valence-electron chi connectivity index (χ0n) is 14.4.